The van der Waals surface area contributed by atoms with Crippen LogP contribution < -0.4 is 5.32 Å². The summed E-state index contributed by atoms with van der Waals surface area (Å²) >= 11 is 0. The van der Waals surface area contributed by atoms with Crippen LogP contribution in [0.25, 0.3) is 0 Å². The van der Waals surface area contributed by atoms with Crippen molar-refractivity contribution in [2.75, 3.05) is 5.32 Å². The van der Waals surface area contributed by atoms with E-state index in [4.69, 9.17) is 5.26 Å². The Morgan fingerprint density at radius 1 is 1.40 bits per heavy atom. The van der Waals surface area contributed by atoms with Gasteiger partial charge < -0.3 is 10.3 Å². The van der Waals surface area contributed by atoms with Crippen molar-refractivity contribution in [2.45, 2.75) is 6.54 Å². The molecule has 5 nitrogen and oxygen atoms in total. The Labute approximate surface area is 86.8 Å². The molecule has 0 saturated carbocycles. The molecule has 0 amide bonds. The maximum atomic E-state index is 8.56. The number of anilines is 1. The van der Waals surface area contributed by atoms with Crippen LogP contribution in [0.4, 0.5) is 5.69 Å². The minimum absolute atomic E-state index is 0.419. The minimum atomic E-state index is 0.419. The Bertz CT molecular complexity index is 452. The number of hydrogen-bond donors (Lipinski definition) is 2. The van der Waals surface area contributed by atoms with Gasteiger partial charge in [0.2, 0.25) is 0 Å². The molecule has 0 saturated heterocycles. The molecular weight excluding hydrogens is 190 g/mol. The van der Waals surface area contributed by atoms with Crippen molar-refractivity contribution in [1.29, 1.82) is 5.26 Å². The summed E-state index contributed by atoms with van der Waals surface area (Å²) in [6.45, 7) is 0.660. The van der Waals surface area contributed by atoms with E-state index in [1.807, 2.05) is 12.1 Å². The summed E-state index contributed by atoms with van der Waals surface area (Å²) in [6, 6.07) is 5.47. The molecule has 5 heteroatoms. The fourth-order valence-corrected chi connectivity index (χ4v) is 1.14. The average Bonchev–Trinajstić information content (AvgIpc) is 2.80. The molecule has 0 atom stereocenters. The number of aromatic amines is 1. The van der Waals surface area contributed by atoms with Crippen molar-refractivity contribution < 1.29 is 0 Å². The van der Waals surface area contributed by atoms with Crippen molar-refractivity contribution in [3.8, 4) is 6.07 Å². The highest BCUT2D eigenvalue weighted by Crippen LogP contribution is 2.06. The second-order valence-electron chi connectivity index (χ2n) is 2.97. The van der Waals surface area contributed by atoms with E-state index in [0.717, 1.165) is 11.4 Å². The molecule has 2 N–H and O–H groups in total. The predicted molar refractivity (Wildman–Crippen MR) is 54.9 cm³/mol. The SMILES string of the molecule is N#Cc1ccc(NCc2cnc[nH]2)cn1. The number of rotatable bonds is 3. The zero-order chi connectivity index (χ0) is 10.5. The largest absolute Gasteiger partial charge is 0.378 e. The molecule has 0 aromatic carbocycles. The summed E-state index contributed by atoms with van der Waals surface area (Å²) in [5.41, 5.74) is 2.30. The van der Waals surface area contributed by atoms with Gasteiger partial charge in [-0.05, 0) is 12.1 Å². The zero-order valence-electron chi connectivity index (χ0n) is 7.94. The van der Waals surface area contributed by atoms with Gasteiger partial charge in [0, 0.05) is 6.20 Å². The van der Waals surface area contributed by atoms with Crippen LogP contribution in [0.2, 0.25) is 0 Å². The zero-order valence-corrected chi connectivity index (χ0v) is 7.94. The number of hydrogen-bond acceptors (Lipinski definition) is 4. The van der Waals surface area contributed by atoms with Gasteiger partial charge >= 0.3 is 0 Å². The third-order valence-electron chi connectivity index (χ3n) is 1.92. The molecule has 0 spiro atoms. The standard InChI is InChI=1S/C10H9N5/c11-3-8-1-2-9(5-13-8)14-6-10-4-12-7-15-10/h1-2,4-5,7,14H,6H2,(H,12,15). The van der Waals surface area contributed by atoms with Crippen LogP contribution in [0.1, 0.15) is 11.4 Å². The summed E-state index contributed by atoms with van der Waals surface area (Å²) in [4.78, 5) is 10.8. The number of nitriles is 1. The molecule has 2 heterocycles. The molecular formula is C10H9N5. The van der Waals surface area contributed by atoms with Crippen molar-refractivity contribution in [1.82, 2.24) is 15.0 Å². The van der Waals surface area contributed by atoms with E-state index < -0.39 is 0 Å². The van der Waals surface area contributed by atoms with Crippen LogP contribution in [0.5, 0.6) is 0 Å². The van der Waals surface area contributed by atoms with Gasteiger partial charge in [0.1, 0.15) is 11.8 Å². The first-order valence-electron chi connectivity index (χ1n) is 4.46. The Morgan fingerprint density at radius 3 is 2.93 bits per heavy atom. The summed E-state index contributed by atoms with van der Waals surface area (Å²) in [5.74, 6) is 0. The van der Waals surface area contributed by atoms with Gasteiger partial charge in [-0.3, -0.25) is 0 Å². The fraction of sp³-hybridized carbons (Fsp3) is 0.100. The first kappa shape index (κ1) is 9.21. The molecule has 0 aliphatic carbocycles. The van der Waals surface area contributed by atoms with Gasteiger partial charge in [0.05, 0.1) is 30.5 Å². The molecule has 15 heavy (non-hydrogen) atoms. The molecule has 0 unspecified atom stereocenters. The lowest BCUT2D eigenvalue weighted by Crippen LogP contribution is -2.00. The molecule has 2 rings (SSSR count). The lowest BCUT2D eigenvalue weighted by Gasteiger charge is -2.03. The second-order valence-corrected chi connectivity index (χ2v) is 2.97. The number of pyridine rings is 1. The topological polar surface area (TPSA) is 77.4 Å². The van der Waals surface area contributed by atoms with Crippen LogP contribution in [0, 0.1) is 11.3 Å². The predicted octanol–water partition coefficient (Wildman–Crippen LogP) is 1.29. The van der Waals surface area contributed by atoms with Crippen LogP contribution in [0.15, 0.2) is 30.9 Å². The maximum absolute atomic E-state index is 8.56. The fourth-order valence-electron chi connectivity index (χ4n) is 1.14. The monoisotopic (exact) mass is 199 g/mol. The van der Waals surface area contributed by atoms with E-state index in [-0.39, 0.29) is 0 Å². The maximum Gasteiger partial charge on any atom is 0.140 e. The Balaban J connectivity index is 1.97. The Morgan fingerprint density at radius 2 is 2.33 bits per heavy atom. The molecule has 0 bridgehead atoms. The van der Waals surface area contributed by atoms with Crippen LogP contribution in [-0.4, -0.2) is 15.0 Å². The lowest BCUT2D eigenvalue weighted by atomic mass is 10.3. The summed E-state index contributed by atoms with van der Waals surface area (Å²) in [7, 11) is 0. The number of aromatic nitrogens is 3. The van der Waals surface area contributed by atoms with Crippen molar-refractivity contribution >= 4 is 5.69 Å². The highest BCUT2D eigenvalue weighted by atomic mass is 14.9. The van der Waals surface area contributed by atoms with Crippen LogP contribution in [-0.2, 0) is 6.54 Å². The number of H-pyrrole nitrogens is 1. The van der Waals surface area contributed by atoms with Gasteiger partial charge in [-0.15, -0.1) is 0 Å². The van der Waals surface area contributed by atoms with Gasteiger partial charge in [0.25, 0.3) is 0 Å². The number of nitrogens with zero attached hydrogens (tertiary/aromatic N) is 3. The van der Waals surface area contributed by atoms with Crippen molar-refractivity contribution in [3.05, 3.63) is 42.2 Å². The lowest BCUT2D eigenvalue weighted by molar-refractivity contribution is 1.07. The van der Waals surface area contributed by atoms with E-state index in [1.165, 1.54) is 0 Å². The van der Waals surface area contributed by atoms with Gasteiger partial charge in [-0.1, -0.05) is 0 Å². The van der Waals surface area contributed by atoms with Gasteiger partial charge in [-0.2, -0.15) is 5.26 Å². The molecule has 2 aromatic rings. The quantitative estimate of drug-likeness (QED) is 0.780. The highest BCUT2D eigenvalue weighted by molar-refractivity contribution is 5.42. The molecule has 2 aromatic heterocycles. The Hall–Kier alpha value is -2.35. The summed E-state index contributed by atoms with van der Waals surface area (Å²) in [6.07, 6.45) is 5.02. The molecule has 0 fully saturated rings. The van der Waals surface area contributed by atoms with E-state index in [2.05, 4.69) is 20.3 Å². The number of nitrogens with one attached hydrogen (secondary N) is 2. The first-order valence-corrected chi connectivity index (χ1v) is 4.46. The molecule has 74 valence electrons. The van der Waals surface area contributed by atoms with Crippen LogP contribution >= 0.6 is 0 Å². The summed E-state index contributed by atoms with van der Waals surface area (Å²) in [5, 5.41) is 11.7. The third-order valence-corrected chi connectivity index (χ3v) is 1.92. The number of imidazole rings is 1. The average molecular weight is 199 g/mol. The van der Waals surface area contributed by atoms with E-state index in [0.29, 0.717) is 12.2 Å². The van der Waals surface area contributed by atoms with Gasteiger partial charge in [-0.25, -0.2) is 9.97 Å². The van der Waals surface area contributed by atoms with E-state index >= 15 is 0 Å². The van der Waals surface area contributed by atoms with Crippen molar-refractivity contribution in [3.63, 3.8) is 0 Å². The Kier molecular flexibility index (Phi) is 2.61. The summed E-state index contributed by atoms with van der Waals surface area (Å²) < 4.78 is 0. The van der Waals surface area contributed by atoms with Crippen LogP contribution in [0.3, 0.4) is 0 Å². The van der Waals surface area contributed by atoms with Crippen molar-refractivity contribution in [2.24, 2.45) is 0 Å². The van der Waals surface area contributed by atoms with Gasteiger partial charge in [0.15, 0.2) is 0 Å². The minimum Gasteiger partial charge on any atom is -0.378 e. The molecule has 0 radical (unpaired) electrons. The van der Waals surface area contributed by atoms with E-state index in [9.17, 15) is 0 Å². The molecule has 0 aliphatic rings. The normalized spacial score (nSPS) is 9.53. The smallest absolute Gasteiger partial charge is 0.140 e. The third kappa shape index (κ3) is 2.31. The first-order chi connectivity index (χ1) is 7.38. The second kappa shape index (κ2) is 4.24. The molecule has 0 aliphatic heterocycles. The highest BCUT2D eigenvalue weighted by Gasteiger charge is 1.95. The van der Waals surface area contributed by atoms with E-state index in [1.54, 1.807) is 24.8 Å².